The van der Waals surface area contributed by atoms with Crippen molar-refractivity contribution < 1.29 is 71.1 Å². The summed E-state index contributed by atoms with van der Waals surface area (Å²) < 4.78 is 31.7. The summed E-state index contributed by atoms with van der Waals surface area (Å²) >= 11 is 0. The fourth-order valence-corrected chi connectivity index (χ4v) is 0. The van der Waals surface area contributed by atoms with Gasteiger partial charge in [0.25, 0.3) is 12.8 Å². The number of alkyl halides is 3. The van der Waals surface area contributed by atoms with Crippen LogP contribution in [0.1, 0.15) is 1.43 Å². The predicted molar refractivity (Wildman–Crippen MR) is 14.2 cm³/mol. The van der Waals surface area contributed by atoms with E-state index in [0.29, 0.717) is 0 Å². The first kappa shape index (κ1) is 11.2. The molecule has 0 aromatic carbocycles. The zero-order valence-electron chi connectivity index (χ0n) is 4.74. The van der Waals surface area contributed by atoms with E-state index in [9.17, 15) is 13.2 Å². The molecule has 0 aliphatic heterocycles. The van der Waals surface area contributed by atoms with Gasteiger partial charge in [0.1, 0.15) is 0 Å². The Hall–Kier alpha value is 1.39. The predicted octanol–water partition coefficient (Wildman–Crippen LogP) is -2.34. The average molecular weight is 140 g/mol. The molecule has 5 heteroatoms. The second-order valence-electron chi connectivity index (χ2n) is 0.707. The molecule has 7 heavy (non-hydrogen) atoms. The molecule has 0 heterocycles. The van der Waals surface area contributed by atoms with E-state index in [1.165, 1.54) is 0 Å². The molecule has 1 N–H and O–H groups in total. The van der Waals surface area contributed by atoms with Gasteiger partial charge >= 0.3 is 51.4 Å². The van der Waals surface area contributed by atoms with Gasteiger partial charge in [0.2, 0.25) is 0 Å². The van der Waals surface area contributed by atoms with Crippen LogP contribution in [0.15, 0.2) is 0 Å². The summed E-state index contributed by atoms with van der Waals surface area (Å²) in [7, 11) is 0. The van der Waals surface area contributed by atoms with Gasteiger partial charge < -0.3 is 6.53 Å². The maximum atomic E-state index is 10.6. The van der Waals surface area contributed by atoms with Crippen LogP contribution in [0, 0.1) is 0 Å². The second-order valence-corrected chi connectivity index (χ2v) is 0.707. The van der Waals surface area contributed by atoms with Crippen molar-refractivity contribution in [1.29, 1.82) is 0 Å². The number of hydrogen-bond donors (Lipinski definition) is 1. The zero-order chi connectivity index (χ0) is 5.15. The van der Waals surface area contributed by atoms with Gasteiger partial charge in [-0.25, -0.2) is 13.2 Å². The van der Waals surface area contributed by atoms with Crippen molar-refractivity contribution in [1.82, 2.24) is 0 Å². The Morgan fingerprint density at radius 1 is 1.29 bits per heavy atom. The number of rotatable bonds is 1. The molecule has 0 rings (SSSR count). The van der Waals surface area contributed by atoms with Gasteiger partial charge in [-0.2, -0.15) is 0 Å². The van der Waals surface area contributed by atoms with Crippen LogP contribution in [0.2, 0.25) is 0 Å². The van der Waals surface area contributed by atoms with Gasteiger partial charge in [-0.1, -0.05) is 0 Å². The molecule has 0 aliphatic carbocycles. The Kier molecular flexibility index (Phi) is 8.85. The van der Waals surface area contributed by atoms with E-state index in [1.807, 2.05) is 0 Å². The minimum atomic E-state index is -3.26. The minimum absolute atomic E-state index is 0. The Bertz CT molecular complexity index is 38.3. The van der Waals surface area contributed by atoms with Crippen molar-refractivity contribution in [2.45, 2.75) is 12.8 Å². The maximum absolute atomic E-state index is 10.6. The van der Waals surface area contributed by atoms with Crippen LogP contribution in [0.5, 0.6) is 0 Å². The molecule has 0 fully saturated rings. The molecule has 0 aliphatic rings. The van der Waals surface area contributed by atoms with Crippen LogP contribution in [0.25, 0.3) is 0 Å². The summed E-state index contributed by atoms with van der Waals surface area (Å²) in [5.74, 6) is 0. The zero-order valence-corrected chi connectivity index (χ0v) is 6.86. The number of hydrogen-bond acceptors (Lipinski definition) is 1. The third-order valence-electron chi connectivity index (χ3n) is 0.208. The van der Waals surface area contributed by atoms with Crippen molar-refractivity contribution >= 4 is 0 Å². The molecule has 0 amide bonds. The topological polar surface area (TPSA) is 20.2 Å². The van der Waals surface area contributed by atoms with Gasteiger partial charge in [-0.05, 0) is 0 Å². The summed E-state index contributed by atoms with van der Waals surface area (Å²) in [6, 6.07) is 0. The van der Waals surface area contributed by atoms with Crippen molar-refractivity contribution in [2.75, 3.05) is 0 Å². The largest absolute Gasteiger partial charge is 1.00 e. The average Bonchev–Trinajstić information content (AvgIpc) is 1.36. The van der Waals surface area contributed by atoms with E-state index in [2.05, 4.69) is 0 Å². The van der Waals surface area contributed by atoms with Crippen molar-refractivity contribution in [3.8, 4) is 0 Å². The van der Waals surface area contributed by atoms with E-state index >= 15 is 0 Å². The van der Waals surface area contributed by atoms with Gasteiger partial charge in [0.05, 0.1) is 0 Å². The van der Waals surface area contributed by atoms with E-state index < -0.39 is 12.8 Å². The molecule has 0 radical (unpaired) electrons. The molecule has 0 aromatic heterocycles. The Morgan fingerprint density at radius 3 is 1.43 bits per heavy atom. The van der Waals surface area contributed by atoms with Gasteiger partial charge in [0.15, 0.2) is 0 Å². The number of halogens is 3. The molecule has 1 atom stereocenters. The molecular formula is C2H4F3KO. The smallest absolute Gasteiger partial charge is 1.00 e. The van der Waals surface area contributed by atoms with Crippen LogP contribution >= 0.6 is 0 Å². The molecule has 0 saturated heterocycles. The molecule has 0 saturated carbocycles. The van der Waals surface area contributed by atoms with Gasteiger partial charge in [-0.3, -0.25) is 0 Å². The van der Waals surface area contributed by atoms with Crippen LogP contribution < -0.4 is 51.4 Å². The normalized spacial score (nSPS) is 13.3. The molecular weight excluding hydrogens is 136 g/mol. The summed E-state index contributed by atoms with van der Waals surface area (Å²) in [6.45, 7) is 0. The standard InChI is InChI=1S/C2H3F3O.K.H/c3-1(4)2(5)6;;/h1-2,6H;;/q;+1;-1. The maximum Gasteiger partial charge on any atom is 1.00 e. The quantitative estimate of drug-likeness (QED) is 0.404. The van der Waals surface area contributed by atoms with E-state index in [0.717, 1.165) is 0 Å². The van der Waals surface area contributed by atoms with Gasteiger partial charge in [0, 0.05) is 0 Å². The fourth-order valence-electron chi connectivity index (χ4n) is 0. The monoisotopic (exact) mass is 140 g/mol. The van der Waals surface area contributed by atoms with Crippen LogP contribution in [0.4, 0.5) is 13.2 Å². The minimum Gasteiger partial charge on any atom is -1.00 e. The van der Waals surface area contributed by atoms with Crippen LogP contribution in [-0.4, -0.2) is 17.9 Å². The van der Waals surface area contributed by atoms with Crippen LogP contribution in [0.3, 0.4) is 0 Å². The first-order valence-electron chi connectivity index (χ1n) is 1.25. The number of aliphatic hydroxyl groups is 1. The summed E-state index contributed by atoms with van der Waals surface area (Å²) in [5, 5.41) is 7.21. The van der Waals surface area contributed by atoms with Crippen molar-refractivity contribution in [3.63, 3.8) is 0 Å². The third kappa shape index (κ3) is 7.39. The van der Waals surface area contributed by atoms with Crippen molar-refractivity contribution in [2.24, 2.45) is 0 Å². The first-order valence-corrected chi connectivity index (χ1v) is 1.25. The molecule has 0 aromatic rings. The SMILES string of the molecule is OC(F)C(F)F.[H-].[K+]. The van der Waals surface area contributed by atoms with Crippen LogP contribution in [-0.2, 0) is 0 Å². The Labute approximate surface area is 82.8 Å². The summed E-state index contributed by atoms with van der Waals surface area (Å²) in [6.07, 6.45) is -6.24. The molecule has 0 spiro atoms. The van der Waals surface area contributed by atoms with Crippen molar-refractivity contribution in [3.05, 3.63) is 0 Å². The molecule has 0 bridgehead atoms. The fraction of sp³-hybridized carbons (Fsp3) is 1.00. The Balaban J connectivity index is -0.000000125. The van der Waals surface area contributed by atoms with Gasteiger partial charge in [-0.15, -0.1) is 0 Å². The van der Waals surface area contributed by atoms with E-state index in [-0.39, 0.29) is 52.8 Å². The van der Waals surface area contributed by atoms with E-state index in [1.54, 1.807) is 0 Å². The second kappa shape index (κ2) is 5.52. The number of aliphatic hydroxyl groups excluding tert-OH is 1. The molecule has 40 valence electrons. The Morgan fingerprint density at radius 2 is 1.43 bits per heavy atom. The first-order chi connectivity index (χ1) is 2.64. The van der Waals surface area contributed by atoms with E-state index in [4.69, 9.17) is 5.11 Å². The third-order valence-corrected chi connectivity index (χ3v) is 0.208. The summed E-state index contributed by atoms with van der Waals surface area (Å²) in [5.41, 5.74) is 0. The molecule has 1 nitrogen and oxygen atoms in total. The molecule has 1 unspecified atom stereocenters. The summed E-state index contributed by atoms with van der Waals surface area (Å²) in [4.78, 5) is 0.